The average molecular weight is 464 g/mol. The zero-order valence-corrected chi connectivity index (χ0v) is 16.7. The standard InChI is InChI=1S/C20H17SeTe/c1-14-6-5-7-15(12-14)21-19-9-4-3-8-17(19)18-13-16(22-2)10-11-20(18)21/h3-13H,1-2H3/q+1. The molecular weight excluding hydrogens is 447 g/mol. The number of hydrogen-bond donors (Lipinski definition) is 0. The molecule has 4 rings (SSSR count). The summed E-state index contributed by atoms with van der Waals surface area (Å²) in [6.07, 6.45) is 0. The van der Waals surface area contributed by atoms with E-state index in [4.69, 9.17) is 0 Å². The summed E-state index contributed by atoms with van der Waals surface area (Å²) in [7, 11) is 0. The molecule has 1 atom stereocenters. The molecule has 0 fully saturated rings. The van der Waals surface area contributed by atoms with Crippen molar-refractivity contribution >= 4 is 57.3 Å². The SMILES string of the molecule is C[Te]c1ccc2c(c1)c1ccccc1[se+]2-c1cccc(C)c1. The van der Waals surface area contributed by atoms with E-state index in [0.29, 0.717) is 0 Å². The molecule has 1 unspecified atom stereocenters. The van der Waals surface area contributed by atoms with Crippen LogP contribution in [-0.4, -0.2) is 34.4 Å². The summed E-state index contributed by atoms with van der Waals surface area (Å²) in [5, 5.41) is 2.98. The Hall–Kier alpha value is -1.03. The Morgan fingerprint density at radius 2 is 1.59 bits per heavy atom. The fraction of sp³-hybridized carbons (Fsp3) is 0.100. The van der Waals surface area contributed by atoms with E-state index < -0.39 is 13.4 Å². The van der Waals surface area contributed by atoms with Gasteiger partial charge in [-0.25, -0.2) is 0 Å². The zero-order valence-electron chi connectivity index (χ0n) is 12.7. The van der Waals surface area contributed by atoms with E-state index >= 15 is 0 Å². The summed E-state index contributed by atoms with van der Waals surface area (Å²) in [6, 6.07) is 25.4. The monoisotopic (exact) mass is 467 g/mol. The number of hydrogen-bond acceptors (Lipinski definition) is 0. The van der Waals surface area contributed by atoms with Crippen LogP contribution in [0.2, 0.25) is 4.97 Å². The van der Waals surface area contributed by atoms with Gasteiger partial charge in [-0.3, -0.25) is 0 Å². The van der Waals surface area contributed by atoms with Gasteiger partial charge in [0.1, 0.15) is 0 Å². The molecule has 0 amide bonds. The van der Waals surface area contributed by atoms with Crippen LogP contribution in [0, 0.1) is 6.92 Å². The van der Waals surface area contributed by atoms with Crippen molar-refractivity contribution in [1.29, 1.82) is 0 Å². The maximum absolute atomic E-state index is 2.47. The van der Waals surface area contributed by atoms with Gasteiger partial charge in [-0.1, -0.05) is 0 Å². The molecule has 2 heteroatoms. The van der Waals surface area contributed by atoms with Crippen molar-refractivity contribution in [2.24, 2.45) is 0 Å². The molecule has 0 spiro atoms. The fourth-order valence-electron chi connectivity index (χ4n) is 3.01. The summed E-state index contributed by atoms with van der Waals surface area (Å²) in [5.74, 6) is 0. The van der Waals surface area contributed by atoms with Crippen molar-refractivity contribution in [1.82, 2.24) is 0 Å². The second-order valence-corrected chi connectivity index (χ2v) is 12.1. The Balaban J connectivity index is 2.16. The molecule has 22 heavy (non-hydrogen) atoms. The number of aryl methyl sites for hydroxylation is 1. The van der Waals surface area contributed by atoms with Gasteiger partial charge in [-0.05, 0) is 0 Å². The molecule has 0 aliphatic heterocycles. The first-order chi connectivity index (χ1) is 10.8. The van der Waals surface area contributed by atoms with E-state index in [1.165, 1.54) is 20.8 Å². The molecule has 0 nitrogen and oxygen atoms in total. The van der Waals surface area contributed by atoms with Gasteiger partial charge in [0.25, 0.3) is 0 Å². The molecule has 1 heterocycles. The van der Waals surface area contributed by atoms with Crippen molar-refractivity contribution in [2.45, 2.75) is 11.9 Å². The molecule has 0 bridgehead atoms. The minimum absolute atomic E-state index is 0.0232. The van der Waals surface area contributed by atoms with Gasteiger partial charge in [0.2, 0.25) is 0 Å². The van der Waals surface area contributed by atoms with Crippen molar-refractivity contribution in [2.75, 3.05) is 0 Å². The van der Waals surface area contributed by atoms with Gasteiger partial charge < -0.3 is 0 Å². The quantitative estimate of drug-likeness (QED) is 0.386. The van der Waals surface area contributed by atoms with Crippen LogP contribution in [0.1, 0.15) is 5.56 Å². The summed E-state index contributed by atoms with van der Waals surface area (Å²) in [6.45, 7) is 2.20. The van der Waals surface area contributed by atoms with Gasteiger partial charge in [-0.15, -0.1) is 0 Å². The van der Waals surface area contributed by atoms with Crippen molar-refractivity contribution in [3.63, 3.8) is 0 Å². The molecule has 1 aromatic heterocycles. The molecule has 0 aliphatic rings. The Labute approximate surface area is 145 Å². The number of benzene rings is 3. The molecule has 0 saturated carbocycles. The summed E-state index contributed by atoms with van der Waals surface area (Å²) in [4.78, 5) is 2.36. The summed E-state index contributed by atoms with van der Waals surface area (Å²) >= 11 is -1.14. The van der Waals surface area contributed by atoms with Crippen LogP contribution in [0.5, 0.6) is 0 Å². The molecule has 0 aliphatic carbocycles. The first kappa shape index (κ1) is 14.6. The fourth-order valence-corrected chi connectivity index (χ4v) is 9.44. The Morgan fingerprint density at radius 3 is 2.41 bits per heavy atom. The third-order valence-electron chi connectivity index (χ3n) is 4.03. The Kier molecular flexibility index (Phi) is 3.89. The summed E-state index contributed by atoms with van der Waals surface area (Å²) in [5.41, 5.74) is 1.37. The van der Waals surface area contributed by atoms with Crippen LogP contribution < -0.4 is 3.61 Å². The van der Waals surface area contributed by atoms with E-state index in [9.17, 15) is 0 Å². The molecule has 0 radical (unpaired) electrons. The Morgan fingerprint density at radius 1 is 0.773 bits per heavy atom. The van der Waals surface area contributed by atoms with Crippen LogP contribution >= 0.6 is 0 Å². The zero-order chi connectivity index (χ0) is 15.1. The molecule has 4 aromatic rings. The van der Waals surface area contributed by atoms with Gasteiger partial charge in [0, 0.05) is 0 Å². The molecule has 0 N–H and O–H groups in total. The van der Waals surface area contributed by atoms with E-state index in [1.807, 2.05) is 0 Å². The second kappa shape index (κ2) is 5.88. The van der Waals surface area contributed by atoms with Gasteiger partial charge in [0.15, 0.2) is 0 Å². The maximum atomic E-state index is 2.47. The predicted octanol–water partition coefficient (Wildman–Crippen LogP) is 4.41. The van der Waals surface area contributed by atoms with E-state index in [0.717, 1.165) is 0 Å². The van der Waals surface area contributed by atoms with Crippen molar-refractivity contribution in [3.8, 4) is 4.46 Å². The normalized spacial score (nSPS) is 12.2. The Bertz CT molecular complexity index is 982. The van der Waals surface area contributed by atoms with Crippen LogP contribution in [0.4, 0.5) is 0 Å². The first-order valence-corrected chi connectivity index (χ1v) is 13.4. The van der Waals surface area contributed by atoms with Crippen molar-refractivity contribution in [3.05, 3.63) is 72.3 Å². The van der Waals surface area contributed by atoms with E-state index in [1.54, 1.807) is 12.1 Å². The van der Waals surface area contributed by atoms with Crippen LogP contribution in [0.3, 0.4) is 0 Å². The first-order valence-electron chi connectivity index (χ1n) is 7.36. The summed E-state index contributed by atoms with van der Waals surface area (Å²) < 4.78 is 6.27. The minimum atomic E-state index is -1.11. The number of rotatable bonds is 2. The number of fused-ring (bicyclic) bond motifs is 3. The molecular formula is C20H17SeTe+. The van der Waals surface area contributed by atoms with Crippen LogP contribution in [0.15, 0.2) is 66.7 Å². The average Bonchev–Trinajstić information content (AvgIpc) is 2.88. The molecule has 3 aromatic carbocycles. The van der Waals surface area contributed by atoms with Crippen LogP contribution in [-0.2, 0) is 0 Å². The molecule has 108 valence electrons. The van der Waals surface area contributed by atoms with Gasteiger partial charge in [-0.2, -0.15) is 0 Å². The third-order valence-corrected chi connectivity index (χ3v) is 11.0. The van der Waals surface area contributed by atoms with Crippen molar-refractivity contribution < 1.29 is 0 Å². The van der Waals surface area contributed by atoms with Gasteiger partial charge in [0.05, 0.1) is 0 Å². The predicted molar refractivity (Wildman–Crippen MR) is 100 cm³/mol. The van der Waals surface area contributed by atoms with E-state index in [2.05, 4.69) is 78.6 Å². The second-order valence-electron chi connectivity index (χ2n) is 5.48. The van der Waals surface area contributed by atoms with Gasteiger partial charge >= 0.3 is 146 Å². The van der Waals surface area contributed by atoms with E-state index in [-0.39, 0.29) is 20.9 Å². The van der Waals surface area contributed by atoms with Crippen LogP contribution in [0.25, 0.3) is 23.8 Å². The molecule has 0 saturated heterocycles. The third kappa shape index (κ3) is 2.36. The topological polar surface area (TPSA) is 0 Å².